The zero-order valence-corrected chi connectivity index (χ0v) is 8.72. The molecule has 0 bridgehead atoms. The van der Waals surface area contributed by atoms with Crippen LogP contribution in [0.15, 0.2) is 0 Å². The number of amides is 2. The molecule has 0 saturated carbocycles. The van der Waals surface area contributed by atoms with Gasteiger partial charge >= 0.3 is 0 Å². The lowest BCUT2D eigenvalue weighted by Crippen LogP contribution is -2.47. The molecule has 0 aromatic carbocycles. The van der Waals surface area contributed by atoms with Crippen LogP contribution in [0.5, 0.6) is 0 Å². The first-order valence-electron chi connectivity index (χ1n) is 4.51. The fraction of sp³-hybridized carbons (Fsp3) is 0.667. The third-order valence-corrected chi connectivity index (χ3v) is 1.70. The Balaban J connectivity index is 4.09. The molecule has 0 aliphatic carbocycles. The number of hydrogen-bond acceptors (Lipinski definition) is 3. The van der Waals surface area contributed by atoms with Gasteiger partial charge in [0.25, 0.3) is 0 Å². The predicted molar refractivity (Wildman–Crippen MR) is 51.6 cm³/mol. The van der Waals surface area contributed by atoms with Gasteiger partial charge in [-0.1, -0.05) is 6.92 Å². The second kappa shape index (κ2) is 6.12. The van der Waals surface area contributed by atoms with Gasteiger partial charge in [-0.15, -0.1) is 0 Å². The maximum atomic E-state index is 11.0. The van der Waals surface area contributed by atoms with E-state index in [1.807, 2.05) is 0 Å². The van der Waals surface area contributed by atoms with Gasteiger partial charge in [-0.2, -0.15) is 0 Å². The second-order valence-corrected chi connectivity index (χ2v) is 3.02. The Bertz CT molecular complexity index is 238. The standard InChI is InChI=1S/C9H16N2O3/c1-4-9(14)11-8(6(2)12)5-10-7(3)13/h8H,4-5H2,1-3H3,(H,10,13)(H,11,14). The maximum Gasteiger partial charge on any atom is 0.220 e. The van der Waals surface area contributed by atoms with Crippen LogP contribution in [0.3, 0.4) is 0 Å². The van der Waals surface area contributed by atoms with Crippen molar-refractivity contribution in [3.63, 3.8) is 0 Å². The Morgan fingerprint density at radius 3 is 2.14 bits per heavy atom. The molecule has 0 fully saturated rings. The number of carbonyl (C=O) groups excluding carboxylic acids is 3. The Labute approximate surface area is 83.2 Å². The van der Waals surface area contributed by atoms with E-state index in [1.165, 1.54) is 13.8 Å². The minimum atomic E-state index is -0.619. The third kappa shape index (κ3) is 5.29. The summed E-state index contributed by atoms with van der Waals surface area (Å²) in [7, 11) is 0. The first-order chi connectivity index (χ1) is 6.47. The van der Waals surface area contributed by atoms with E-state index in [9.17, 15) is 14.4 Å². The minimum Gasteiger partial charge on any atom is -0.354 e. The molecule has 0 rings (SSSR count). The van der Waals surface area contributed by atoms with Crippen LogP contribution in [0.4, 0.5) is 0 Å². The van der Waals surface area contributed by atoms with Crippen molar-refractivity contribution in [3.8, 4) is 0 Å². The summed E-state index contributed by atoms with van der Waals surface area (Å²) in [6.07, 6.45) is 0.323. The van der Waals surface area contributed by atoms with Gasteiger partial charge in [0.1, 0.15) is 6.04 Å². The maximum absolute atomic E-state index is 11.0. The van der Waals surface area contributed by atoms with Crippen LogP contribution in [-0.2, 0) is 14.4 Å². The predicted octanol–water partition coefficient (Wildman–Crippen LogP) is -0.394. The van der Waals surface area contributed by atoms with Crippen molar-refractivity contribution < 1.29 is 14.4 Å². The van der Waals surface area contributed by atoms with Crippen LogP contribution in [0.25, 0.3) is 0 Å². The van der Waals surface area contributed by atoms with E-state index in [0.717, 1.165) is 0 Å². The summed E-state index contributed by atoms with van der Waals surface area (Å²) in [5.41, 5.74) is 0. The molecule has 0 radical (unpaired) electrons. The highest BCUT2D eigenvalue weighted by atomic mass is 16.2. The average molecular weight is 200 g/mol. The van der Waals surface area contributed by atoms with Crippen LogP contribution < -0.4 is 10.6 Å². The minimum absolute atomic E-state index is 0.149. The highest BCUT2D eigenvalue weighted by Crippen LogP contribution is 1.87. The molecule has 0 saturated heterocycles. The molecule has 5 heteroatoms. The summed E-state index contributed by atoms with van der Waals surface area (Å²) < 4.78 is 0. The van der Waals surface area contributed by atoms with E-state index in [2.05, 4.69) is 10.6 Å². The molecule has 0 aliphatic heterocycles. The van der Waals surface area contributed by atoms with Gasteiger partial charge in [0.15, 0.2) is 5.78 Å². The molecular weight excluding hydrogens is 184 g/mol. The molecule has 2 amide bonds. The highest BCUT2D eigenvalue weighted by Gasteiger charge is 2.15. The molecule has 5 nitrogen and oxygen atoms in total. The van der Waals surface area contributed by atoms with Gasteiger partial charge in [0, 0.05) is 19.9 Å². The van der Waals surface area contributed by atoms with Gasteiger partial charge < -0.3 is 10.6 Å². The van der Waals surface area contributed by atoms with Gasteiger partial charge in [0.2, 0.25) is 11.8 Å². The van der Waals surface area contributed by atoms with Gasteiger partial charge in [0.05, 0.1) is 0 Å². The summed E-state index contributed by atoms with van der Waals surface area (Å²) >= 11 is 0. The Kier molecular flexibility index (Phi) is 5.52. The number of nitrogens with one attached hydrogen (secondary N) is 2. The largest absolute Gasteiger partial charge is 0.354 e. The smallest absolute Gasteiger partial charge is 0.220 e. The number of rotatable bonds is 5. The lowest BCUT2D eigenvalue weighted by atomic mass is 10.2. The first-order valence-corrected chi connectivity index (χ1v) is 4.51. The molecule has 0 aromatic heterocycles. The number of ketones is 1. The van der Waals surface area contributed by atoms with Gasteiger partial charge in [-0.3, -0.25) is 14.4 Å². The highest BCUT2D eigenvalue weighted by molar-refractivity contribution is 5.88. The third-order valence-electron chi connectivity index (χ3n) is 1.70. The van der Waals surface area contributed by atoms with Crippen LogP contribution in [-0.4, -0.2) is 30.2 Å². The summed E-state index contributed by atoms with van der Waals surface area (Å²) in [5.74, 6) is -0.585. The number of hydrogen-bond donors (Lipinski definition) is 2. The van der Waals surface area contributed by atoms with Crippen molar-refractivity contribution in [2.45, 2.75) is 33.2 Å². The van der Waals surface area contributed by atoms with Crippen LogP contribution in [0, 0.1) is 0 Å². The van der Waals surface area contributed by atoms with E-state index in [4.69, 9.17) is 0 Å². The molecule has 0 spiro atoms. The zero-order valence-electron chi connectivity index (χ0n) is 8.72. The Morgan fingerprint density at radius 2 is 1.79 bits per heavy atom. The average Bonchev–Trinajstić information content (AvgIpc) is 2.10. The SMILES string of the molecule is CCC(=O)NC(CNC(C)=O)C(C)=O. The van der Waals surface area contributed by atoms with E-state index in [-0.39, 0.29) is 24.1 Å². The van der Waals surface area contributed by atoms with Crippen molar-refractivity contribution >= 4 is 17.6 Å². The first kappa shape index (κ1) is 12.6. The molecule has 1 atom stereocenters. The summed E-state index contributed by atoms with van der Waals surface area (Å²) in [5, 5.41) is 5.00. The van der Waals surface area contributed by atoms with E-state index < -0.39 is 6.04 Å². The topological polar surface area (TPSA) is 75.3 Å². The Morgan fingerprint density at radius 1 is 1.21 bits per heavy atom. The van der Waals surface area contributed by atoms with Crippen molar-refractivity contribution in [1.82, 2.24) is 10.6 Å². The van der Waals surface area contributed by atoms with Crippen molar-refractivity contribution in [2.75, 3.05) is 6.54 Å². The fourth-order valence-electron chi connectivity index (χ4n) is 0.839. The molecule has 0 heterocycles. The number of Topliss-reactive ketones (excluding diaryl/α,β-unsaturated/α-hetero) is 1. The van der Waals surface area contributed by atoms with Crippen molar-refractivity contribution in [1.29, 1.82) is 0 Å². The molecule has 0 aromatic rings. The summed E-state index contributed by atoms with van der Waals surface area (Å²) in [6, 6.07) is -0.619. The van der Waals surface area contributed by atoms with E-state index in [0.29, 0.717) is 6.42 Å². The summed E-state index contributed by atoms with van der Waals surface area (Å²) in [4.78, 5) is 32.6. The van der Waals surface area contributed by atoms with Crippen LogP contribution in [0.1, 0.15) is 27.2 Å². The van der Waals surface area contributed by atoms with Crippen LogP contribution >= 0.6 is 0 Å². The van der Waals surface area contributed by atoms with E-state index in [1.54, 1.807) is 6.92 Å². The molecule has 1 unspecified atom stereocenters. The number of carbonyl (C=O) groups is 3. The lowest BCUT2D eigenvalue weighted by molar-refractivity contribution is -0.127. The van der Waals surface area contributed by atoms with Crippen LogP contribution in [0.2, 0.25) is 0 Å². The fourth-order valence-corrected chi connectivity index (χ4v) is 0.839. The normalized spacial score (nSPS) is 11.6. The molecular formula is C9H16N2O3. The molecule has 2 N–H and O–H groups in total. The zero-order chi connectivity index (χ0) is 11.1. The van der Waals surface area contributed by atoms with Crippen molar-refractivity contribution in [2.24, 2.45) is 0 Å². The van der Waals surface area contributed by atoms with E-state index >= 15 is 0 Å². The van der Waals surface area contributed by atoms with Gasteiger partial charge in [-0.25, -0.2) is 0 Å². The molecule has 0 aliphatic rings. The molecule has 14 heavy (non-hydrogen) atoms. The monoisotopic (exact) mass is 200 g/mol. The Hall–Kier alpha value is -1.39. The quantitative estimate of drug-likeness (QED) is 0.634. The van der Waals surface area contributed by atoms with Crippen molar-refractivity contribution in [3.05, 3.63) is 0 Å². The van der Waals surface area contributed by atoms with Gasteiger partial charge in [-0.05, 0) is 6.92 Å². The lowest BCUT2D eigenvalue weighted by Gasteiger charge is -2.15. The summed E-state index contributed by atoms with van der Waals surface area (Å²) in [6.45, 7) is 4.59. The molecule has 80 valence electrons. The second-order valence-electron chi connectivity index (χ2n) is 3.02.